The van der Waals surface area contributed by atoms with E-state index in [-0.39, 0.29) is 36.7 Å². The monoisotopic (exact) mass is 465 g/mol. The summed E-state index contributed by atoms with van der Waals surface area (Å²) < 4.78 is 15.9. The number of Topliss-reactive ketones (excluding diaryl/α,β-unsaturated/α-hetero) is 1. The summed E-state index contributed by atoms with van der Waals surface area (Å²) in [5.41, 5.74) is -0.646. The summed E-state index contributed by atoms with van der Waals surface area (Å²) in [4.78, 5) is 62.4. The van der Waals surface area contributed by atoms with Gasteiger partial charge in [-0.15, -0.1) is 0 Å². The number of amides is 3. The van der Waals surface area contributed by atoms with E-state index in [1.54, 1.807) is 0 Å². The van der Waals surface area contributed by atoms with Gasteiger partial charge in [-0.25, -0.2) is 4.79 Å². The highest BCUT2D eigenvalue weighted by Gasteiger charge is 2.57. The van der Waals surface area contributed by atoms with Crippen LogP contribution in [-0.4, -0.2) is 83.8 Å². The Morgan fingerprint density at radius 1 is 1.27 bits per heavy atom. The number of aliphatic hydroxyl groups is 1. The Morgan fingerprint density at radius 3 is 2.48 bits per heavy atom. The molecule has 2 heterocycles. The van der Waals surface area contributed by atoms with E-state index in [1.807, 2.05) is 0 Å². The van der Waals surface area contributed by atoms with Gasteiger partial charge in [0.2, 0.25) is 0 Å². The second kappa shape index (κ2) is 10.9. The molecule has 2 saturated heterocycles. The Balaban J connectivity index is 2.60. The number of fused-ring (bicyclic) bond motifs is 1. The maximum absolute atomic E-state index is 13.0. The van der Waals surface area contributed by atoms with Crippen molar-refractivity contribution in [3.05, 3.63) is 36.2 Å². The number of nitrogens with one attached hydrogen (secondary N) is 2. The molecule has 0 aromatic heterocycles. The Bertz CT molecular complexity index is 911. The molecule has 0 aromatic carbocycles. The first kappa shape index (κ1) is 25.7. The number of ether oxygens (including phenoxy) is 3. The molecule has 12 nitrogen and oxygen atoms in total. The van der Waals surface area contributed by atoms with Crippen molar-refractivity contribution in [3.63, 3.8) is 0 Å². The molecule has 3 amide bonds. The third kappa shape index (κ3) is 6.49. The number of epoxide rings is 1. The van der Waals surface area contributed by atoms with Gasteiger partial charge in [-0.2, -0.15) is 0 Å². The van der Waals surface area contributed by atoms with Crippen LogP contribution in [0.5, 0.6) is 0 Å². The van der Waals surface area contributed by atoms with Crippen LogP contribution >= 0.6 is 0 Å². The number of likely N-dealkylation sites (tertiary alicyclic amines) is 1. The van der Waals surface area contributed by atoms with Gasteiger partial charge in [0.25, 0.3) is 11.8 Å². The first-order valence-corrected chi connectivity index (χ1v) is 10.0. The topological polar surface area (TPSA) is 164 Å². The van der Waals surface area contributed by atoms with Crippen molar-refractivity contribution >= 4 is 29.7 Å². The molecule has 4 atom stereocenters. The Hall–Kier alpha value is -3.51. The molecule has 0 bridgehead atoms. The largest absolute Gasteiger partial charge is 0.453 e. The van der Waals surface area contributed by atoms with Gasteiger partial charge >= 0.3 is 12.1 Å². The fourth-order valence-corrected chi connectivity index (χ4v) is 3.06. The molecule has 180 valence electrons. The van der Waals surface area contributed by atoms with Crippen LogP contribution in [0.3, 0.4) is 0 Å². The van der Waals surface area contributed by atoms with E-state index in [0.717, 1.165) is 11.8 Å². The zero-order valence-electron chi connectivity index (χ0n) is 18.6. The molecule has 0 radical (unpaired) electrons. The fraction of sp³-hybridized carbons (Fsp3) is 0.476. The first-order chi connectivity index (χ1) is 15.5. The van der Waals surface area contributed by atoms with Gasteiger partial charge in [-0.1, -0.05) is 19.2 Å². The molecule has 0 unspecified atom stereocenters. The number of carbonyl (C=O) groups is 5. The van der Waals surface area contributed by atoms with Crippen molar-refractivity contribution in [1.29, 1.82) is 0 Å². The fourth-order valence-electron chi connectivity index (χ4n) is 3.06. The van der Waals surface area contributed by atoms with Gasteiger partial charge in [0, 0.05) is 6.92 Å². The average Bonchev–Trinajstić information content (AvgIpc) is 3.52. The Morgan fingerprint density at radius 2 is 1.94 bits per heavy atom. The van der Waals surface area contributed by atoms with E-state index in [2.05, 4.69) is 23.8 Å². The summed E-state index contributed by atoms with van der Waals surface area (Å²) in [6.45, 7) is 10.1. The van der Waals surface area contributed by atoms with Gasteiger partial charge in [0.05, 0.1) is 18.8 Å². The van der Waals surface area contributed by atoms with Crippen LogP contribution in [0.1, 0.15) is 20.8 Å². The van der Waals surface area contributed by atoms with Crippen molar-refractivity contribution in [3.8, 4) is 0 Å². The molecular weight excluding hydrogens is 438 g/mol. The number of esters is 1. The lowest BCUT2D eigenvalue weighted by atomic mass is 10.0. The van der Waals surface area contributed by atoms with Gasteiger partial charge < -0.3 is 30.0 Å². The zero-order valence-corrected chi connectivity index (χ0v) is 18.6. The summed E-state index contributed by atoms with van der Waals surface area (Å²) in [6.07, 6.45) is -3.68. The van der Waals surface area contributed by atoms with Crippen LogP contribution in [0.2, 0.25) is 0 Å². The Kier molecular flexibility index (Phi) is 8.49. The number of piperidine rings is 1. The van der Waals surface area contributed by atoms with Gasteiger partial charge in [0.15, 0.2) is 12.2 Å². The standard InChI is InChI=1S/C21H27N3O9/c1-6-7-31-21(30)24-9-13-17(33-13)18(32-12(5)26)15(24)14(19(28)22-8-11(4)25)23-20(29)16(27)10(2)3/h6,13,16-18,27H,1-2,7-9H2,3-5H3,(H,22,28)(H,23,29)/b15-14-/t13-,16+,17-,18-/m1/s1. The highest BCUT2D eigenvalue weighted by atomic mass is 16.6. The molecule has 2 fully saturated rings. The molecule has 33 heavy (non-hydrogen) atoms. The van der Waals surface area contributed by atoms with Crippen molar-refractivity contribution in [2.24, 2.45) is 0 Å². The summed E-state index contributed by atoms with van der Waals surface area (Å²) in [6, 6.07) is 0. The van der Waals surface area contributed by atoms with Crippen molar-refractivity contribution in [2.75, 3.05) is 19.7 Å². The third-order valence-corrected chi connectivity index (χ3v) is 4.63. The van der Waals surface area contributed by atoms with Crippen LogP contribution in [-0.2, 0) is 33.4 Å². The number of nitrogens with zero attached hydrogens (tertiary/aromatic N) is 1. The highest BCUT2D eigenvalue weighted by Crippen LogP contribution is 2.40. The van der Waals surface area contributed by atoms with Crippen LogP contribution in [0.25, 0.3) is 0 Å². The van der Waals surface area contributed by atoms with Gasteiger partial charge in [-0.05, 0) is 19.4 Å². The number of hydrogen-bond acceptors (Lipinski definition) is 9. The third-order valence-electron chi connectivity index (χ3n) is 4.63. The van der Waals surface area contributed by atoms with E-state index in [0.29, 0.717) is 0 Å². The Labute approximate surface area is 190 Å². The lowest BCUT2D eigenvalue weighted by Crippen LogP contribution is -2.51. The summed E-state index contributed by atoms with van der Waals surface area (Å²) in [5.74, 6) is -3.10. The van der Waals surface area contributed by atoms with E-state index < -0.39 is 54.0 Å². The molecule has 2 aliphatic heterocycles. The smallest absolute Gasteiger partial charge is 0.414 e. The molecule has 12 heteroatoms. The molecule has 2 rings (SSSR count). The van der Waals surface area contributed by atoms with E-state index in [9.17, 15) is 29.1 Å². The number of carbonyl (C=O) groups excluding carboxylic acids is 5. The average molecular weight is 465 g/mol. The summed E-state index contributed by atoms with van der Waals surface area (Å²) >= 11 is 0. The van der Waals surface area contributed by atoms with Crippen molar-refractivity contribution in [1.82, 2.24) is 15.5 Å². The minimum absolute atomic E-state index is 0.0594. The van der Waals surface area contributed by atoms with Crippen LogP contribution in [0, 0.1) is 0 Å². The van der Waals surface area contributed by atoms with E-state index in [1.165, 1.54) is 19.9 Å². The predicted molar refractivity (Wildman–Crippen MR) is 112 cm³/mol. The molecule has 3 N–H and O–H groups in total. The lowest BCUT2D eigenvalue weighted by Gasteiger charge is -2.33. The van der Waals surface area contributed by atoms with Crippen molar-refractivity contribution in [2.45, 2.75) is 45.2 Å². The lowest BCUT2D eigenvalue weighted by molar-refractivity contribution is -0.146. The predicted octanol–water partition coefficient (Wildman–Crippen LogP) is -0.706. The van der Waals surface area contributed by atoms with Gasteiger partial charge in [-0.3, -0.25) is 24.1 Å². The number of hydrogen-bond donors (Lipinski definition) is 3. The normalized spacial score (nSPS) is 23.3. The van der Waals surface area contributed by atoms with Crippen molar-refractivity contribution < 1.29 is 43.3 Å². The van der Waals surface area contributed by atoms with E-state index >= 15 is 0 Å². The summed E-state index contributed by atoms with van der Waals surface area (Å²) in [5, 5.41) is 14.6. The number of rotatable bonds is 9. The van der Waals surface area contributed by atoms with E-state index in [4.69, 9.17) is 14.2 Å². The molecule has 0 aromatic rings. The molecule has 0 saturated carbocycles. The molecule has 2 aliphatic rings. The molecular formula is C21H27N3O9. The quantitative estimate of drug-likeness (QED) is 0.173. The second-order valence-corrected chi connectivity index (χ2v) is 7.53. The zero-order chi connectivity index (χ0) is 24.9. The first-order valence-electron chi connectivity index (χ1n) is 10.0. The second-order valence-electron chi connectivity index (χ2n) is 7.53. The maximum atomic E-state index is 13.0. The van der Waals surface area contributed by atoms with Crippen LogP contribution in [0.4, 0.5) is 4.79 Å². The summed E-state index contributed by atoms with van der Waals surface area (Å²) in [7, 11) is 0. The number of ketones is 1. The molecule has 0 spiro atoms. The van der Waals surface area contributed by atoms with Crippen LogP contribution < -0.4 is 10.6 Å². The van der Waals surface area contributed by atoms with Gasteiger partial charge in [0.1, 0.15) is 30.3 Å². The highest BCUT2D eigenvalue weighted by molar-refractivity contribution is 6.01. The minimum Gasteiger partial charge on any atom is -0.453 e. The minimum atomic E-state index is -1.68. The maximum Gasteiger partial charge on any atom is 0.414 e. The molecule has 0 aliphatic carbocycles. The SMILES string of the molecule is C=CCOC(=O)N1C[C@H]2O[C@H]2[C@H](OC(C)=O)/C1=C(/NC(=O)[C@@H](O)C(=C)C)C(=O)NCC(C)=O. The van der Waals surface area contributed by atoms with Crippen LogP contribution in [0.15, 0.2) is 36.2 Å². The number of aliphatic hydroxyl groups excluding tert-OH is 1.